The Bertz CT molecular complexity index is 293. The quantitative estimate of drug-likeness (QED) is 0.463. The number of primary amides is 1. The number of carbonyl (C=O) groups excluding carboxylic acids is 2. The Balaban J connectivity index is 3.96. The van der Waals surface area contributed by atoms with Gasteiger partial charge in [-0.2, -0.15) is 0 Å². The first-order chi connectivity index (χ1) is 8.47. The lowest BCUT2D eigenvalue weighted by Gasteiger charge is -2.13. The normalized spacial score (nSPS) is 11.8. The van der Waals surface area contributed by atoms with E-state index in [-0.39, 0.29) is 25.9 Å². The smallest absolute Gasteiger partial charge is 0.326 e. The van der Waals surface area contributed by atoms with Gasteiger partial charge in [-0.15, -0.1) is 0 Å². The molecule has 0 aromatic carbocycles. The number of carbonyl (C=O) groups is 3. The maximum atomic E-state index is 11.4. The van der Waals surface area contributed by atoms with E-state index in [1.165, 1.54) is 0 Å². The summed E-state index contributed by atoms with van der Waals surface area (Å²) in [5, 5.41) is 11.2. The first-order valence-corrected chi connectivity index (χ1v) is 5.85. The molecular formula is C11H20N2O5. The zero-order chi connectivity index (χ0) is 14.0. The van der Waals surface area contributed by atoms with Crippen LogP contribution >= 0.6 is 0 Å². The molecule has 1 atom stereocenters. The van der Waals surface area contributed by atoms with Gasteiger partial charge >= 0.3 is 5.97 Å². The number of hydrogen-bond acceptors (Lipinski definition) is 4. The predicted octanol–water partition coefficient (Wildman–Crippen LogP) is -0.362. The lowest BCUT2D eigenvalue weighted by atomic mass is 10.1. The van der Waals surface area contributed by atoms with Crippen molar-refractivity contribution in [2.24, 2.45) is 5.73 Å². The van der Waals surface area contributed by atoms with Crippen LogP contribution in [0, 0.1) is 0 Å². The van der Waals surface area contributed by atoms with Crippen molar-refractivity contribution in [2.45, 2.75) is 38.6 Å². The largest absolute Gasteiger partial charge is 0.480 e. The molecule has 0 fully saturated rings. The van der Waals surface area contributed by atoms with Crippen molar-refractivity contribution in [3.63, 3.8) is 0 Å². The third kappa shape index (κ3) is 8.51. The molecule has 0 saturated carbocycles. The highest BCUT2D eigenvalue weighted by Gasteiger charge is 2.20. The zero-order valence-electron chi connectivity index (χ0n) is 10.5. The fraction of sp³-hybridized carbons (Fsp3) is 0.727. The SMILES string of the molecule is CCCOCCC(=O)N[C@H](CCC(N)=O)C(=O)O. The molecule has 0 aliphatic heterocycles. The molecular weight excluding hydrogens is 240 g/mol. The van der Waals surface area contributed by atoms with Gasteiger partial charge in [0.15, 0.2) is 0 Å². The van der Waals surface area contributed by atoms with Crippen LogP contribution in [0.15, 0.2) is 0 Å². The van der Waals surface area contributed by atoms with E-state index in [0.717, 1.165) is 6.42 Å². The van der Waals surface area contributed by atoms with Gasteiger partial charge in [-0.25, -0.2) is 4.79 Å². The molecule has 18 heavy (non-hydrogen) atoms. The maximum Gasteiger partial charge on any atom is 0.326 e. The van der Waals surface area contributed by atoms with Crippen LogP contribution in [-0.4, -0.2) is 42.1 Å². The van der Waals surface area contributed by atoms with Gasteiger partial charge < -0.3 is 20.9 Å². The minimum absolute atomic E-state index is 0.00771. The number of carboxylic acid groups (broad SMARTS) is 1. The van der Waals surface area contributed by atoms with Gasteiger partial charge in [0.25, 0.3) is 0 Å². The average Bonchev–Trinajstić information content (AvgIpc) is 2.29. The molecule has 0 aromatic heterocycles. The summed E-state index contributed by atoms with van der Waals surface area (Å²) >= 11 is 0. The number of amides is 2. The molecule has 0 bridgehead atoms. The van der Waals surface area contributed by atoms with Gasteiger partial charge in [-0.05, 0) is 12.8 Å². The van der Waals surface area contributed by atoms with Gasteiger partial charge in [0.2, 0.25) is 11.8 Å². The third-order valence-electron chi connectivity index (χ3n) is 2.13. The summed E-state index contributed by atoms with van der Waals surface area (Å²) in [6, 6.07) is -1.09. The Morgan fingerprint density at radius 2 is 1.94 bits per heavy atom. The molecule has 0 spiro atoms. The summed E-state index contributed by atoms with van der Waals surface area (Å²) in [5.74, 6) is -2.19. The van der Waals surface area contributed by atoms with Crippen molar-refractivity contribution in [3.8, 4) is 0 Å². The monoisotopic (exact) mass is 260 g/mol. The van der Waals surface area contributed by atoms with Crippen LogP contribution in [0.3, 0.4) is 0 Å². The average molecular weight is 260 g/mol. The Hall–Kier alpha value is -1.63. The Kier molecular flexibility index (Phi) is 8.55. The van der Waals surface area contributed by atoms with Crippen LogP contribution in [0.1, 0.15) is 32.6 Å². The lowest BCUT2D eigenvalue weighted by molar-refractivity contribution is -0.142. The molecule has 0 aromatic rings. The second-order valence-corrected chi connectivity index (χ2v) is 3.83. The van der Waals surface area contributed by atoms with E-state index in [9.17, 15) is 14.4 Å². The van der Waals surface area contributed by atoms with Crippen LogP contribution in [0.25, 0.3) is 0 Å². The molecule has 2 amide bonds. The second-order valence-electron chi connectivity index (χ2n) is 3.83. The first kappa shape index (κ1) is 16.4. The highest BCUT2D eigenvalue weighted by molar-refractivity contribution is 5.84. The number of nitrogens with two attached hydrogens (primary N) is 1. The van der Waals surface area contributed by atoms with E-state index in [1.807, 2.05) is 6.92 Å². The van der Waals surface area contributed by atoms with Crippen molar-refractivity contribution >= 4 is 17.8 Å². The van der Waals surface area contributed by atoms with Crippen molar-refractivity contribution < 1.29 is 24.2 Å². The lowest BCUT2D eigenvalue weighted by Crippen LogP contribution is -2.41. The topological polar surface area (TPSA) is 119 Å². The molecule has 7 heteroatoms. The number of aliphatic carboxylic acids is 1. The minimum Gasteiger partial charge on any atom is -0.480 e. The van der Waals surface area contributed by atoms with Crippen LogP contribution in [-0.2, 0) is 19.1 Å². The Morgan fingerprint density at radius 1 is 1.28 bits per heavy atom. The fourth-order valence-electron chi connectivity index (χ4n) is 1.22. The third-order valence-corrected chi connectivity index (χ3v) is 2.13. The summed E-state index contributed by atoms with van der Waals surface area (Å²) in [6.07, 6.45) is 0.869. The summed E-state index contributed by atoms with van der Waals surface area (Å²) in [6.45, 7) is 2.77. The summed E-state index contributed by atoms with van der Waals surface area (Å²) in [5.41, 5.74) is 4.92. The fourth-order valence-corrected chi connectivity index (χ4v) is 1.22. The molecule has 0 saturated heterocycles. The molecule has 0 heterocycles. The maximum absolute atomic E-state index is 11.4. The second kappa shape index (κ2) is 9.41. The molecule has 0 rings (SSSR count). The van der Waals surface area contributed by atoms with E-state index >= 15 is 0 Å². The van der Waals surface area contributed by atoms with Gasteiger partial charge in [-0.1, -0.05) is 6.92 Å². The number of nitrogens with one attached hydrogen (secondary N) is 1. The molecule has 0 aliphatic rings. The van der Waals surface area contributed by atoms with Crippen molar-refractivity contribution in [3.05, 3.63) is 0 Å². The number of hydrogen-bond donors (Lipinski definition) is 3. The standard InChI is InChI=1S/C11H20N2O5/c1-2-6-18-7-5-10(15)13-8(11(16)17)3-4-9(12)14/h8H,2-7H2,1H3,(H2,12,14)(H,13,15)(H,16,17)/t8-/m1/s1. The first-order valence-electron chi connectivity index (χ1n) is 5.85. The molecule has 0 radical (unpaired) electrons. The molecule has 7 nitrogen and oxygen atoms in total. The van der Waals surface area contributed by atoms with Crippen LogP contribution in [0.4, 0.5) is 0 Å². The van der Waals surface area contributed by atoms with Gasteiger partial charge in [0.1, 0.15) is 6.04 Å². The van der Waals surface area contributed by atoms with E-state index in [2.05, 4.69) is 5.32 Å². The minimum atomic E-state index is -1.18. The number of carboxylic acids is 1. The van der Waals surface area contributed by atoms with Gasteiger partial charge in [-0.3, -0.25) is 9.59 Å². The zero-order valence-corrected chi connectivity index (χ0v) is 10.5. The summed E-state index contributed by atoms with van der Waals surface area (Å²) in [4.78, 5) is 32.8. The molecule has 0 aliphatic carbocycles. The van der Waals surface area contributed by atoms with Crippen molar-refractivity contribution in [2.75, 3.05) is 13.2 Å². The van der Waals surface area contributed by atoms with Crippen molar-refractivity contribution in [1.29, 1.82) is 0 Å². The highest BCUT2D eigenvalue weighted by atomic mass is 16.5. The summed E-state index contributed by atoms with van der Waals surface area (Å²) in [7, 11) is 0. The van der Waals surface area contributed by atoms with Crippen LogP contribution < -0.4 is 11.1 Å². The Morgan fingerprint density at radius 3 is 2.44 bits per heavy atom. The van der Waals surface area contributed by atoms with Gasteiger partial charge in [0.05, 0.1) is 6.61 Å². The highest BCUT2D eigenvalue weighted by Crippen LogP contribution is 1.98. The summed E-state index contributed by atoms with van der Waals surface area (Å²) < 4.78 is 5.11. The van der Waals surface area contributed by atoms with E-state index in [1.54, 1.807) is 0 Å². The molecule has 4 N–H and O–H groups in total. The van der Waals surface area contributed by atoms with Gasteiger partial charge in [0, 0.05) is 19.4 Å². The van der Waals surface area contributed by atoms with Crippen molar-refractivity contribution in [1.82, 2.24) is 5.32 Å². The number of ether oxygens (including phenoxy) is 1. The number of rotatable bonds is 10. The molecule has 0 unspecified atom stereocenters. The van der Waals surface area contributed by atoms with Crippen LogP contribution in [0.5, 0.6) is 0 Å². The van der Waals surface area contributed by atoms with Crippen LogP contribution in [0.2, 0.25) is 0 Å². The van der Waals surface area contributed by atoms with E-state index < -0.39 is 23.8 Å². The predicted molar refractivity (Wildman–Crippen MR) is 63.7 cm³/mol. The Labute approximate surface area is 106 Å². The van der Waals surface area contributed by atoms with E-state index in [4.69, 9.17) is 15.6 Å². The molecule has 104 valence electrons. The van der Waals surface area contributed by atoms with E-state index in [0.29, 0.717) is 6.61 Å².